The maximum absolute atomic E-state index is 5.13. The van der Waals surface area contributed by atoms with Gasteiger partial charge in [0.05, 0.1) is 0 Å². The molecule has 0 aromatic heterocycles. The number of hydrogen-bond acceptors (Lipinski definition) is 1. The topological polar surface area (TPSA) is 9.23 Å². The highest BCUT2D eigenvalue weighted by molar-refractivity contribution is 6.30. The van der Waals surface area contributed by atoms with Gasteiger partial charge in [-0.3, -0.25) is 0 Å². The van der Waals surface area contributed by atoms with E-state index in [2.05, 4.69) is 25.1 Å². The molecule has 0 aliphatic carbocycles. The molecule has 0 N–H and O–H groups in total. The molecule has 0 saturated heterocycles. The molecule has 0 heterocycles. The van der Waals surface area contributed by atoms with Crippen molar-refractivity contribution in [3.05, 3.63) is 0 Å². The minimum absolute atomic E-state index is 0.455. The maximum Gasteiger partial charge on any atom is 0.108 e. The SMILES string of the molecule is CC(C)CCOCC#CCl. The minimum Gasteiger partial charge on any atom is -0.369 e. The van der Waals surface area contributed by atoms with E-state index < -0.39 is 0 Å². The van der Waals surface area contributed by atoms with E-state index >= 15 is 0 Å². The first-order valence-corrected chi connectivity index (χ1v) is 3.81. The molecule has 0 rings (SSSR count). The average molecular weight is 161 g/mol. The molecule has 10 heavy (non-hydrogen) atoms. The smallest absolute Gasteiger partial charge is 0.108 e. The molecule has 0 fully saturated rings. The summed E-state index contributed by atoms with van der Waals surface area (Å²) in [6.45, 7) is 5.56. The molecule has 0 aliphatic rings. The summed E-state index contributed by atoms with van der Waals surface area (Å²) in [7, 11) is 0. The molecule has 0 bridgehead atoms. The number of hydrogen-bond donors (Lipinski definition) is 0. The highest BCUT2D eigenvalue weighted by atomic mass is 35.5. The third kappa shape index (κ3) is 7.81. The van der Waals surface area contributed by atoms with Gasteiger partial charge in [-0.15, -0.1) is 0 Å². The van der Waals surface area contributed by atoms with Gasteiger partial charge in [-0.25, -0.2) is 0 Å². The van der Waals surface area contributed by atoms with Crippen molar-refractivity contribution in [3.63, 3.8) is 0 Å². The summed E-state index contributed by atoms with van der Waals surface area (Å²) in [6, 6.07) is 0. The Morgan fingerprint density at radius 2 is 2.20 bits per heavy atom. The molecule has 0 spiro atoms. The van der Waals surface area contributed by atoms with E-state index in [-0.39, 0.29) is 0 Å². The molecular formula is C8H13ClO. The van der Waals surface area contributed by atoms with Crippen molar-refractivity contribution in [1.82, 2.24) is 0 Å². The second-order valence-electron chi connectivity index (χ2n) is 2.51. The fourth-order valence-electron chi connectivity index (χ4n) is 0.470. The van der Waals surface area contributed by atoms with Crippen molar-refractivity contribution in [2.45, 2.75) is 20.3 Å². The van der Waals surface area contributed by atoms with E-state index in [0.717, 1.165) is 13.0 Å². The van der Waals surface area contributed by atoms with E-state index in [9.17, 15) is 0 Å². The van der Waals surface area contributed by atoms with Crippen LogP contribution in [0.2, 0.25) is 0 Å². The Morgan fingerprint density at radius 1 is 1.50 bits per heavy atom. The van der Waals surface area contributed by atoms with Gasteiger partial charge in [0.15, 0.2) is 0 Å². The summed E-state index contributed by atoms with van der Waals surface area (Å²) in [4.78, 5) is 0. The number of halogens is 1. The van der Waals surface area contributed by atoms with E-state index in [1.807, 2.05) is 0 Å². The molecular weight excluding hydrogens is 148 g/mol. The molecule has 0 radical (unpaired) electrons. The Kier molecular flexibility index (Phi) is 6.79. The van der Waals surface area contributed by atoms with Crippen molar-refractivity contribution in [3.8, 4) is 11.3 Å². The van der Waals surface area contributed by atoms with Crippen LogP contribution >= 0.6 is 11.6 Å². The zero-order chi connectivity index (χ0) is 7.82. The number of ether oxygens (including phenoxy) is 1. The summed E-state index contributed by atoms with van der Waals surface area (Å²) in [5.41, 5.74) is 0. The van der Waals surface area contributed by atoms with Crippen LogP contribution in [-0.4, -0.2) is 13.2 Å². The molecule has 0 atom stereocenters. The fraction of sp³-hybridized carbons (Fsp3) is 0.750. The standard InChI is InChI=1S/C8H13ClO/c1-8(2)4-7-10-6-3-5-9/h8H,4,6-7H2,1-2H3. The number of rotatable bonds is 4. The lowest BCUT2D eigenvalue weighted by atomic mass is 10.1. The molecule has 0 aromatic carbocycles. The lowest BCUT2D eigenvalue weighted by molar-refractivity contribution is 0.154. The van der Waals surface area contributed by atoms with Crippen LogP contribution in [0.15, 0.2) is 0 Å². The summed E-state index contributed by atoms with van der Waals surface area (Å²) in [6.07, 6.45) is 1.09. The van der Waals surface area contributed by atoms with Crippen LogP contribution in [0, 0.1) is 17.2 Å². The van der Waals surface area contributed by atoms with Crippen LogP contribution in [0.4, 0.5) is 0 Å². The van der Waals surface area contributed by atoms with E-state index in [1.54, 1.807) is 0 Å². The van der Waals surface area contributed by atoms with Gasteiger partial charge in [0, 0.05) is 12.0 Å². The molecule has 2 heteroatoms. The van der Waals surface area contributed by atoms with Gasteiger partial charge < -0.3 is 4.74 Å². The Morgan fingerprint density at radius 3 is 2.70 bits per heavy atom. The Hall–Kier alpha value is -0.190. The fourth-order valence-corrected chi connectivity index (χ4v) is 0.524. The summed E-state index contributed by atoms with van der Waals surface area (Å²) < 4.78 is 5.13. The molecule has 0 aliphatic heterocycles. The maximum atomic E-state index is 5.13. The zero-order valence-electron chi connectivity index (χ0n) is 6.48. The Bertz CT molecular complexity index is 121. The van der Waals surface area contributed by atoms with Gasteiger partial charge in [-0.1, -0.05) is 19.8 Å². The lowest BCUT2D eigenvalue weighted by Crippen LogP contribution is -1.98. The highest BCUT2D eigenvalue weighted by Crippen LogP contribution is 1.97. The van der Waals surface area contributed by atoms with Crippen molar-refractivity contribution in [2.75, 3.05) is 13.2 Å². The summed E-state index contributed by atoms with van der Waals surface area (Å²) in [5.74, 6) is 3.31. The molecule has 0 unspecified atom stereocenters. The van der Waals surface area contributed by atoms with Gasteiger partial charge in [0.25, 0.3) is 0 Å². The van der Waals surface area contributed by atoms with Crippen LogP contribution in [0.5, 0.6) is 0 Å². The Balaban J connectivity index is 2.96. The average Bonchev–Trinajstić information content (AvgIpc) is 1.87. The second kappa shape index (κ2) is 6.92. The first-order chi connectivity index (χ1) is 4.77. The largest absolute Gasteiger partial charge is 0.369 e. The van der Waals surface area contributed by atoms with Crippen molar-refractivity contribution < 1.29 is 4.74 Å². The molecule has 1 nitrogen and oxygen atoms in total. The van der Waals surface area contributed by atoms with Crippen LogP contribution in [0.25, 0.3) is 0 Å². The third-order valence-electron chi connectivity index (χ3n) is 1.08. The quantitative estimate of drug-likeness (QED) is 0.453. The minimum atomic E-state index is 0.455. The van der Waals surface area contributed by atoms with Crippen LogP contribution in [-0.2, 0) is 4.74 Å². The van der Waals surface area contributed by atoms with E-state index in [0.29, 0.717) is 12.5 Å². The van der Waals surface area contributed by atoms with Gasteiger partial charge >= 0.3 is 0 Å². The normalized spacial score (nSPS) is 9.20. The molecule has 0 aromatic rings. The van der Waals surface area contributed by atoms with Crippen LogP contribution < -0.4 is 0 Å². The van der Waals surface area contributed by atoms with E-state index in [1.165, 1.54) is 0 Å². The van der Waals surface area contributed by atoms with Gasteiger partial charge in [-0.05, 0) is 23.9 Å². The van der Waals surface area contributed by atoms with Gasteiger partial charge in [0.1, 0.15) is 6.61 Å². The molecule has 0 amide bonds. The second-order valence-corrected chi connectivity index (χ2v) is 2.70. The van der Waals surface area contributed by atoms with Gasteiger partial charge in [0.2, 0.25) is 0 Å². The predicted molar refractivity (Wildman–Crippen MR) is 43.9 cm³/mol. The third-order valence-corrected chi connectivity index (χ3v) is 1.21. The lowest BCUT2D eigenvalue weighted by Gasteiger charge is -2.02. The zero-order valence-corrected chi connectivity index (χ0v) is 7.24. The summed E-state index contributed by atoms with van der Waals surface area (Å²) >= 11 is 5.10. The van der Waals surface area contributed by atoms with Crippen LogP contribution in [0.1, 0.15) is 20.3 Å². The van der Waals surface area contributed by atoms with Gasteiger partial charge in [-0.2, -0.15) is 0 Å². The summed E-state index contributed by atoms with van der Waals surface area (Å²) in [5, 5.41) is 2.25. The highest BCUT2D eigenvalue weighted by Gasteiger charge is 1.91. The first-order valence-electron chi connectivity index (χ1n) is 3.43. The first kappa shape index (κ1) is 9.81. The van der Waals surface area contributed by atoms with Crippen LogP contribution in [0.3, 0.4) is 0 Å². The van der Waals surface area contributed by atoms with Crippen molar-refractivity contribution >= 4 is 11.6 Å². The molecule has 0 saturated carbocycles. The Labute approximate surface area is 67.7 Å². The van der Waals surface area contributed by atoms with Crippen molar-refractivity contribution in [2.24, 2.45) is 5.92 Å². The van der Waals surface area contributed by atoms with E-state index in [4.69, 9.17) is 16.3 Å². The molecule has 58 valence electrons. The van der Waals surface area contributed by atoms with Crippen molar-refractivity contribution in [1.29, 1.82) is 0 Å². The monoisotopic (exact) mass is 160 g/mol. The predicted octanol–water partition coefficient (Wildman–Crippen LogP) is 2.25.